The van der Waals surface area contributed by atoms with Gasteiger partial charge in [-0.05, 0) is 26.8 Å². The van der Waals surface area contributed by atoms with E-state index in [4.69, 9.17) is 10.5 Å². The normalized spacial score (nSPS) is 14.8. The zero-order valence-corrected chi connectivity index (χ0v) is 14.6. The van der Waals surface area contributed by atoms with Gasteiger partial charge in [-0.3, -0.25) is 4.90 Å². The predicted octanol–water partition coefficient (Wildman–Crippen LogP) is 2.92. The summed E-state index contributed by atoms with van der Waals surface area (Å²) >= 11 is 0. The number of rotatable bonds is 0. The van der Waals surface area contributed by atoms with E-state index in [0.29, 0.717) is 31.0 Å². The van der Waals surface area contributed by atoms with Crippen molar-refractivity contribution in [2.75, 3.05) is 12.3 Å². The van der Waals surface area contributed by atoms with Crippen LogP contribution in [-0.2, 0) is 17.8 Å². The first-order valence-corrected chi connectivity index (χ1v) is 8.35. The fraction of sp³-hybridized carbons (Fsp3) is 0.389. The number of imidazole rings is 1. The van der Waals surface area contributed by atoms with Crippen LogP contribution < -0.4 is 5.73 Å². The molecule has 0 saturated heterocycles. The summed E-state index contributed by atoms with van der Waals surface area (Å²) in [7, 11) is 0. The summed E-state index contributed by atoms with van der Waals surface area (Å²) in [5, 5.41) is 1.02. The van der Waals surface area contributed by atoms with Gasteiger partial charge < -0.3 is 15.0 Å². The molecule has 3 heterocycles. The highest BCUT2D eigenvalue weighted by Gasteiger charge is 2.28. The van der Waals surface area contributed by atoms with Gasteiger partial charge in [0.15, 0.2) is 5.82 Å². The van der Waals surface area contributed by atoms with Crippen LogP contribution in [0.2, 0.25) is 0 Å². The Kier molecular flexibility index (Phi) is 3.35. The van der Waals surface area contributed by atoms with Crippen LogP contribution in [0.5, 0.6) is 0 Å². The Morgan fingerprint density at radius 2 is 1.96 bits per heavy atom. The highest BCUT2D eigenvalue weighted by molar-refractivity contribution is 6.06. The zero-order chi connectivity index (χ0) is 17.8. The minimum atomic E-state index is -0.515. The van der Waals surface area contributed by atoms with Crippen LogP contribution in [0, 0.1) is 0 Å². The molecule has 2 N–H and O–H groups in total. The van der Waals surface area contributed by atoms with Crippen LogP contribution in [0.1, 0.15) is 26.6 Å². The predicted molar refractivity (Wildman–Crippen MR) is 96.1 cm³/mol. The number of amides is 1. The van der Waals surface area contributed by atoms with E-state index >= 15 is 0 Å². The minimum absolute atomic E-state index is 0.318. The van der Waals surface area contributed by atoms with Crippen LogP contribution in [0.25, 0.3) is 21.9 Å². The molecule has 0 atom stereocenters. The van der Waals surface area contributed by atoms with Gasteiger partial charge in [-0.25, -0.2) is 14.8 Å². The van der Waals surface area contributed by atoms with Crippen LogP contribution in [0.15, 0.2) is 24.3 Å². The number of nitrogen functional groups attached to an aromatic ring is 1. The molecule has 7 nitrogen and oxygen atoms in total. The minimum Gasteiger partial charge on any atom is -0.444 e. The maximum absolute atomic E-state index is 12.3. The van der Waals surface area contributed by atoms with Crippen molar-refractivity contribution >= 4 is 33.8 Å². The molecule has 0 spiro atoms. The van der Waals surface area contributed by atoms with Crippen LogP contribution in [0.4, 0.5) is 10.6 Å². The number of nitrogens with two attached hydrogens (primary N) is 1. The highest BCUT2D eigenvalue weighted by atomic mass is 16.6. The van der Waals surface area contributed by atoms with Gasteiger partial charge in [-0.1, -0.05) is 18.2 Å². The number of hydrogen-bond acceptors (Lipinski definition) is 5. The van der Waals surface area contributed by atoms with Crippen molar-refractivity contribution in [2.45, 2.75) is 39.5 Å². The zero-order valence-electron chi connectivity index (χ0n) is 14.6. The molecular formula is C18H21N5O2. The molecule has 0 radical (unpaired) electrons. The van der Waals surface area contributed by atoms with Gasteiger partial charge >= 0.3 is 6.09 Å². The SMILES string of the molecule is CC(C)(C)OC(=O)N1CCn2c(nc3c(N)nc4ccccc4c32)C1. The Morgan fingerprint density at radius 1 is 1.20 bits per heavy atom. The third kappa shape index (κ3) is 2.65. The lowest BCUT2D eigenvalue weighted by atomic mass is 10.2. The maximum atomic E-state index is 12.3. The number of hydrogen-bond donors (Lipinski definition) is 1. The average molecular weight is 339 g/mol. The monoisotopic (exact) mass is 339 g/mol. The van der Waals surface area contributed by atoms with Gasteiger partial charge in [0.05, 0.1) is 17.6 Å². The Hall–Kier alpha value is -2.83. The second-order valence-corrected chi connectivity index (χ2v) is 7.29. The van der Waals surface area contributed by atoms with Crippen molar-refractivity contribution in [3.8, 4) is 0 Å². The lowest BCUT2D eigenvalue weighted by Crippen LogP contribution is -2.41. The smallest absolute Gasteiger partial charge is 0.410 e. The van der Waals surface area contributed by atoms with E-state index in [1.54, 1.807) is 4.90 Å². The number of carbonyl (C=O) groups excluding carboxylic acids is 1. The number of anilines is 1. The number of para-hydroxylation sites is 1. The molecule has 25 heavy (non-hydrogen) atoms. The number of benzene rings is 1. The van der Waals surface area contributed by atoms with Gasteiger partial charge in [0.25, 0.3) is 0 Å². The summed E-state index contributed by atoms with van der Waals surface area (Å²) in [6.07, 6.45) is -0.318. The standard InChI is InChI=1S/C18H21N5O2/c1-18(2,3)25-17(24)22-8-9-23-13(10-22)21-14-15(23)11-6-4-5-7-12(11)20-16(14)19/h4-7H,8-10H2,1-3H3,(H2,19,20). The average Bonchev–Trinajstić information content (AvgIpc) is 2.93. The lowest BCUT2D eigenvalue weighted by Gasteiger charge is -2.30. The Balaban J connectivity index is 1.77. The molecule has 0 bridgehead atoms. The van der Waals surface area contributed by atoms with Crippen molar-refractivity contribution in [1.29, 1.82) is 0 Å². The first kappa shape index (κ1) is 15.7. The van der Waals surface area contributed by atoms with Gasteiger partial charge in [0, 0.05) is 18.5 Å². The molecule has 0 unspecified atom stereocenters. The molecule has 0 saturated carbocycles. The van der Waals surface area contributed by atoms with Gasteiger partial charge in [-0.15, -0.1) is 0 Å². The first-order chi connectivity index (χ1) is 11.8. The number of ether oxygens (including phenoxy) is 1. The van der Waals surface area contributed by atoms with E-state index in [1.807, 2.05) is 45.0 Å². The van der Waals surface area contributed by atoms with Crippen molar-refractivity contribution in [2.24, 2.45) is 0 Å². The fourth-order valence-electron chi connectivity index (χ4n) is 3.22. The number of fused-ring (bicyclic) bond motifs is 5. The van der Waals surface area contributed by atoms with Crippen molar-refractivity contribution < 1.29 is 9.53 Å². The van der Waals surface area contributed by atoms with E-state index in [-0.39, 0.29) is 6.09 Å². The Bertz CT molecular complexity index is 986. The largest absolute Gasteiger partial charge is 0.444 e. The molecular weight excluding hydrogens is 318 g/mol. The molecule has 1 amide bonds. The topological polar surface area (TPSA) is 86.3 Å². The molecule has 7 heteroatoms. The summed E-state index contributed by atoms with van der Waals surface area (Å²) in [4.78, 5) is 23.1. The molecule has 0 aliphatic carbocycles. The van der Waals surface area contributed by atoms with Crippen molar-refractivity contribution in [1.82, 2.24) is 19.4 Å². The Labute approximate surface area is 145 Å². The molecule has 130 valence electrons. The van der Waals surface area contributed by atoms with Crippen LogP contribution >= 0.6 is 0 Å². The van der Waals surface area contributed by atoms with E-state index in [1.165, 1.54) is 0 Å². The molecule has 1 aromatic carbocycles. The van der Waals surface area contributed by atoms with Crippen molar-refractivity contribution in [3.63, 3.8) is 0 Å². The summed E-state index contributed by atoms with van der Waals surface area (Å²) in [5.41, 5.74) is 8.14. The van der Waals surface area contributed by atoms with Gasteiger partial charge in [0.2, 0.25) is 0 Å². The quantitative estimate of drug-likeness (QED) is 0.680. The Morgan fingerprint density at radius 3 is 2.72 bits per heavy atom. The lowest BCUT2D eigenvalue weighted by molar-refractivity contribution is 0.0197. The second-order valence-electron chi connectivity index (χ2n) is 7.29. The summed E-state index contributed by atoms with van der Waals surface area (Å²) in [6, 6.07) is 7.90. The van der Waals surface area contributed by atoms with Crippen LogP contribution in [0.3, 0.4) is 0 Å². The number of pyridine rings is 1. The third-order valence-electron chi connectivity index (χ3n) is 4.27. The molecule has 3 aromatic rings. The van der Waals surface area contributed by atoms with E-state index in [0.717, 1.165) is 22.2 Å². The molecule has 1 aliphatic rings. The highest BCUT2D eigenvalue weighted by Crippen LogP contribution is 2.30. The third-order valence-corrected chi connectivity index (χ3v) is 4.27. The first-order valence-electron chi connectivity index (χ1n) is 8.35. The number of aromatic nitrogens is 3. The molecule has 1 aliphatic heterocycles. The summed E-state index contributed by atoms with van der Waals surface area (Å²) < 4.78 is 7.61. The maximum Gasteiger partial charge on any atom is 0.410 e. The molecule has 2 aromatic heterocycles. The van der Waals surface area contributed by atoms with Gasteiger partial charge in [-0.2, -0.15) is 0 Å². The van der Waals surface area contributed by atoms with Gasteiger partial charge in [0.1, 0.15) is 16.9 Å². The summed E-state index contributed by atoms with van der Waals surface area (Å²) in [5.74, 6) is 1.22. The number of carbonyl (C=O) groups is 1. The second kappa shape index (κ2) is 5.34. The fourth-order valence-corrected chi connectivity index (χ4v) is 3.22. The summed E-state index contributed by atoms with van der Waals surface area (Å²) in [6.45, 7) is 7.22. The molecule has 0 fully saturated rings. The van der Waals surface area contributed by atoms with E-state index in [9.17, 15) is 4.79 Å². The number of nitrogens with zero attached hydrogens (tertiary/aromatic N) is 4. The van der Waals surface area contributed by atoms with Crippen LogP contribution in [-0.4, -0.2) is 37.7 Å². The van der Waals surface area contributed by atoms with Crippen molar-refractivity contribution in [3.05, 3.63) is 30.1 Å². The van der Waals surface area contributed by atoms with E-state index in [2.05, 4.69) is 14.5 Å². The molecule has 4 rings (SSSR count). The van der Waals surface area contributed by atoms with E-state index < -0.39 is 5.60 Å².